The molecule has 0 radical (unpaired) electrons. The molecule has 2 amide bonds. The van der Waals surface area contributed by atoms with E-state index in [0.29, 0.717) is 35.4 Å². The van der Waals surface area contributed by atoms with E-state index in [1.807, 2.05) is 42.5 Å². The molecule has 0 aromatic heterocycles. The topological polar surface area (TPSA) is 59.6 Å². The smallest absolute Gasteiger partial charge is 0.319 e. The van der Waals surface area contributed by atoms with Gasteiger partial charge in [-0.15, -0.1) is 0 Å². The van der Waals surface area contributed by atoms with Crippen LogP contribution in [0, 0.1) is 0 Å². The predicted molar refractivity (Wildman–Crippen MR) is 107 cm³/mol. The Morgan fingerprint density at radius 1 is 0.852 bits per heavy atom. The fourth-order valence-electron chi connectivity index (χ4n) is 2.29. The number of urea groups is 1. The lowest BCUT2D eigenvalue weighted by molar-refractivity contribution is 0.247. The predicted octanol–water partition coefficient (Wildman–Crippen LogP) is 5.33. The quantitative estimate of drug-likeness (QED) is 0.543. The molecule has 0 aliphatic rings. The molecule has 0 bridgehead atoms. The molecule has 0 aliphatic carbocycles. The van der Waals surface area contributed by atoms with Crippen molar-refractivity contribution < 1.29 is 14.3 Å². The maximum absolute atomic E-state index is 11.9. The third kappa shape index (κ3) is 5.94. The number of nitrogens with one attached hydrogen (secondary N) is 2. The van der Waals surface area contributed by atoms with Crippen molar-refractivity contribution in [2.24, 2.45) is 0 Å². The van der Waals surface area contributed by atoms with Crippen molar-refractivity contribution >= 4 is 23.3 Å². The van der Waals surface area contributed by atoms with Gasteiger partial charge in [-0.1, -0.05) is 41.9 Å². The molecule has 2 N–H and O–H groups in total. The van der Waals surface area contributed by atoms with Crippen molar-refractivity contribution in [1.82, 2.24) is 5.32 Å². The van der Waals surface area contributed by atoms with E-state index in [9.17, 15) is 4.79 Å². The van der Waals surface area contributed by atoms with E-state index in [2.05, 4.69) is 10.6 Å². The highest BCUT2D eigenvalue weighted by atomic mass is 35.5. The first-order chi connectivity index (χ1) is 13.2. The number of benzene rings is 3. The zero-order valence-electron chi connectivity index (χ0n) is 14.5. The summed E-state index contributed by atoms with van der Waals surface area (Å²) in [4.78, 5) is 11.9. The van der Waals surface area contributed by atoms with Crippen LogP contribution in [0.4, 0.5) is 10.5 Å². The average molecular weight is 383 g/mol. The highest BCUT2D eigenvalue weighted by Crippen LogP contribution is 2.23. The molecule has 6 heteroatoms. The van der Waals surface area contributed by atoms with Crippen molar-refractivity contribution in [2.45, 2.75) is 0 Å². The van der Waals surface area contributed by atoms with Crippen LogP contribution in [-0.2, 0) is 0 Å². The highest BCUT2D eigenvalue weighted by Gasteiger charge is 2.03. The number of anilines is 1. The molecule has 0 unspecified atom stereocenters. The van der Waals surface area contributed by atoms with Crippen LogP contribution in [0.2, 0.25) is 5.02 Å². The third-order valence-electron chi connectivity index (χ3n) is 3.57. The number of hydrogen-bond donors (Lipinski definition) is 2. The van der Waals surface area contributed by atoms with Crippen molar-refractivity contribution in [1.29, 1.82) is 0 Å². The largest absolute Gasteiger partial charge is 0.490 e. The molecular formula is C21H19ClN2O3. The minimum absolute atomic E-state index is 0.311. The second-order valence-electron chi connectivity index (χ2n) is 5.60. The molecule has 138 valence electrons. The first-order valence-electron chi connectivity index (χ1n) is 8.46. The standard InChI is InChI=1S/C21H19ClN2O3/c22-19-8-4-5-9-20(19)26-15-14-23-21(25)24-16-10-12-18(13-11-16)27-17-6-2-1-3-7-17/h1-13H,14-15H2,(H2,23,24,25). The molecule has 3 rings (SSSR count). The van der Waals surface area contributed by atoms with Crippen molar-refractivity contribution in [3.63, 3.8) is 0 Å². The average Bonchev–Trinajstić information content (AvgIpc) is 2.69. The molecule has 3 aromatic rings. The fourth-order valence-corrected chi connectivity index (χ4v) is 2.48. The zero-order chi connectivity index (χ0) is 18.9. The molecule has 0 fully saturated rings. The Bertz CT molecular complexity index is 870. The number of hydrogen-bond acceptors (Lipinski definition) is 3. The van der Waals surface area contributed by atoms with Crippen LogP contribution in [0.5, 0.6) is 17.2 Å². The van der Waals surface area contributed by atoms with Crippen LogP contribution in [0.1, 0.15) is 0 Å². The van der Waals surface area contributed by atoms with Crippen LogP contribution >= 0.6 is 11.6 Å². The van der Waals surface area contributed by atoms with E-state index in [1.165, 1.54) is 0 Å². The molecule has 3 aromatic carbocycles. The maximum Gasteiger partial charge on any atom is 0.319 e. The molecule has 27 heavy (non-hydrogen) atoms. The Labute approximate surface area is 162 Å². The van der Waals surface area contributed by atoms with Crippen molar-refractivity contribution in [2.75, 3.05) is 18.5 Å². The van der Waals surface area contributed by atoms with Gasteiger partial charge >= 0.3 is 6.03 Å². The van der Waals surface area contributed by atoms with E-state index in [1.54, 1.807) is 36.4 Å². The van der Waals surface area contributed by atoms with Crippen LogP contribution in [0.3, 0.4) is 0 Å². The minimum Gasteiger partial charge on any atom is -0.490 e. The van der Waals surface area contributed by atoms with Crippen LogP contribution in [0.15, 0.2) is 78.9 Å². The summed E-state index contributed by atoms with van der Waals surface area (Å²) in [6.45, 7) is 0.674. The van der Waals surface area contributed by atoms with Gasteiger partial charge < -0.3 is 20.1 Å². The Kier molecular flexibility index (Phi) is 6.55. The molecule has 0 heterocycles. The second-order valence-corrected chi connectivity index (χ2v) is 6.01. The summed E-state index contributed by atoms with van der Waals surface area (Å²) in [7, 11) is 0. The second kappa shape index (κ2) is 9.50. The molecule has 0 spiro atoms. The van der Waals surface area contributed by atoms with E-state index in [4.69, 9.17) is 21.1 Å². The first-order valence-corrected chi connectivity index (χ1v) is 8.84. The molecule has 5 nitrogen and oxygen atoms in total. The van der Waals surface area contributed by atoms with E-state index in [0.717, 1.165) is 5.75 Å². The highest BCUT2D eigenvalue weighted by molar-refractivity contribution is 6.32. The molecular weight excluding hydrogens is 364 g/mol. The molecule has 0 saturated carbocycles. The van der Waals surface area contributed by atoms with Gasteiger partial charge in [-0.2, -0.15) is 0 Å². The van der Waals surface area contributed by atoms with Gasteiger partial charge in [0.2, 0.25) is 0 Å². The molecule has 0 atom stereocenters. The van der Waals surface area contributed by atoms with Crippen LogP contribution in [0.25, 0.3) is 0 Å². The summed E-state index contributed by atoms with van der Waals surface area (Å²) in [6, 6.07) is 23.5. The number of carbonyl (C=O) groups excluding carboxylic acids is 1. The molecule has 0 saturated heterocycles. The normalized spacial score (nSPS) is 10.1. The Balaban J connectivity index is 1.41. The van der Waals surface area contributed by atoms with Crippen molar-refractivity contribution in [3.05, 3.63) is 83.9 Å². The number of ether oxygens (including phenoxy) is 2. The van der Waals surface area contributed by atoms with Gasteiger partial charge in [-0.3, -0.25) is 0 Å². The number of halogens is 1. The molecule has 0 aliphatic heterocycles. The van der Waals surface area contributed by atoms with E-state index >= 15 is 0 Å². The summed E-state index contributed by atoms with van der Waals surface area (Å²) < 4.78 is 11.2. The third-order valence-corrected chi connectivity index (χ3v) is 3.89. The van der Waals surface area contributed by atoms with Crippen LogP contribution < -0.4 is 20.1 Å². The van der Waals surface area contributed by atoms with Gasteiger partial charge in [0.25, 0.3) is 0 Å². The van der Waals surface area contributed by atoms with E-state index < -0.39 is 0 Å². The number of para-hydroxylation sites is 2. The number of rotatable bonds is 7. The van der Waals surface area contributed by atoms with Gasteiger partial charge in [-0.05, 0) is 48.5 Å². The number of amides is 2. The number of carbonyl (C=O) groups is 1. The fraction of sp³-hybridized carbons (Fsp3) is 0.0952. The summed E-state index contributed by atoms with van der Waals surface area (Å²) in [5, 5.41) is 6.02. The zero-order valence-corrected chi connectivity index (χ0v) is 15.3. The van der Waals surface area contributed by atoms with Gasteiger partial charge in [0.15, 0.2) is 0 Å². The van der Waals surface area contributed by atoms with Gasteiger partial charge in [0, 0.05) is 5.69 Å². The Morgan fingerprint density at radius 2 is 1.52 bits per heavy atom. The Hall–Kier alpha value is -3.18. The Morgan fingerprint density at radius 3 is 2.26 bits per heavy atom. The first kappa shape index (κ1) is 18.6. The summed E-state index contributed by atoms with van der Waals surface area (Å²) in [5.41, 5.74) is 0.667. The monoisotopic (exact) mass is 382 g/mol. The maximum atomic E-state index is 11.9. The van der Waals surface area contributed by atoms with Crippen molar-refractivity contribution in [3.8, 4) is 17.2 Å². The van der Waals surface area contributed by atoms with Gasteiger partial charge in [0.1, 0.15) is 23.9 Å². The van der Waals surface area contributed by atoms with E-state index in [-0.39, 0.29) is 6.03 Å². The van der Waals surface area contributed by atoms with Gasteiger partial charge in [0.05, 0.1) is 11.6 Å². The van der Waals surface area contributed by atoms with Gasteiger partial charge in [-0.25, -0.2) is 4.79 Å². The summed E-state index contributed by atoms with van der Waals surface area (Å²) in [5.74, 6) is 2.05. The lowest BCUT2D eigenvalue weighted by Crippen LogP contribution is -2.32. The summed E-state index contributed by atoms with van der Waals surface area (Å²) >= 11 is 6.00. The summed E-state index contributed by atoms with van der Waals surface area (Å²) in [6.07, 6.45) is 0. The van der Waals surface area contributed by atoms with Crippen LogP contribution in [-0.4, -0.2) is 19.2 Å². The minimum atomic E-state index is -0.311. The lowest BCUT2D eigenvalue weighted by atomic mass is 10.3. The lowest BCUT2D eigenvalue weighted by Gasteiger charge is -2.10. The SMILES string of the molecule is O=C(NCCOc1ccccc1Cl)Nc1ccc(Oc2ccccc2)cc1.